The van der Waals surface area contributed by atoms with E-state index in [1.165, 1.54) is 44.9 Å². The second-order valence-electron chi connectivity index (χ2n) is 9.62. The van der Waals surface area contributed by atoms with E-state index in [9.17, 15) is 9.59 Å². The first-order valence-electron chi connectivity index (χ1n) is 13.8. The van der Waals surface area contributed by atoms with Gasteiger partial charge in [-0.2, -0.15) is 0 Å². The third-order valence-electron chi connectivity index (χ3n) is 5.79. The third-order valence-corrected chi connectivity index (χ3v) is 5.79. The second-order valence-corrected chi connectivity index (χ2v) is 9.62. The van der Waals surface area contributed by atoms with Gasteiger partial charge >= 0.3 is 11.9 Å². The van der Waals surface area contributed by atoms with Gasteiger partial charge in [-0.3, -0.25) is 9.59 Å². The summed E-state index contributed by atoms with van der Waals surface area (Å²) >= 11 is 0. The van der Waals surface area contributed by atoms with Gasteiger partial charge in [0.25, 0.3) is 0 Å². The number of ether oxygens (including phenoxy) is 2. The van der Waals surface area contributed by atoms with Crippen molar-refractivity contribution in [3.8, 4) is 11.8 Å². The molecule has 0 aromatic carbocycles. The van der Waals surface area contributed by atoms with Crippen molar-refractivity contribution in [1.82, 2.24) is 0 Å². The summed E-state index contributed by atoms with van der Waals surface area (Å²) in [5.41, 5.74) is 0. The van der Waals surface area contributed by atoms with Crippen LogP contribution in [0.15, 0.2) is 0 Å². The largest absolute Gasteiger partial charge is 0.466 e. The highest BCUT2D eigenvalue weighted by Gasteiger charge is 2.04. The Labute approximate surface area is 205 Å². The molecule has 0 aliphatic carbocycles. The summed E-state index contributed by atoms with van der Waals surface area (Å²) in [6, 6.07) is 0. The van der Waals surface area contributed by atoms with Crippen LogP contribution in [0.5, 0.6) is 0 Å². The Morgan fingerprint density at radius 1 is 0.636 bits per heavy atom. The summed E-state index contributed by atoms with van der Waals surface area (Å²) in [7, 11) is 0. The molecule has 0 atom stereocenters. The van der Waals surface area contributed by atoms with E-state index in [-0.39, 0.29) is 18.5 Å². The first-order valence-corrected chi connectivity index (χ1v) is 13.8. The summed E-state index contributed by atoms with van der Waals surface area (Å²) < 4.78 is 10.4. The average Bonchev–Trinajstić information content (AvgIpc) is 2.79. The fourth-order valence-electron chi connectivity index (χ4n) is 3.67. The molecule has 0 unspecified atom stereocenters. The number of unbranched alkanes of at least 4 members (excludes halogenated alkanes) is 13. The van der Waals surface area contributed by atoms with Gasteiger partial charge in [-0.05, 0) is 38.0 Å². The van der Waals surface area contributed by atoms with Crippen molar-refractivity contribution >= 4 is 11.9 Å². The Hall–Kier alpha value is -1.50. The normalized spacial score (nSPS) is 10.7. The average molecular weight is 465 g/mol. The van der Waals surface area contributed by atoms with E-state index in [1.807, 2.05) is 0 Å². The molecular weight excluding hydrogens is 412 g/mol. The van der Waals surface area contributed by atoms with E-state index < -0.39 is 0 Å². The maximum Gasteiger partial charge on any atom is 0.306 e. The summed E-state index contributed by atoms with van der Waals surface area (Å²) in [5, 5.41) is 0. The molecule has 0 aromatic heterocycles. The zero-order valence-corrected chi connectivity index (χ0v) is 22.1. The molecule has 192 valence electrons. The lowest BCUT2D eigenvalue weighted by atomic mass is 10.1. The maximum atomic E-state index is 11.7. The molecule has 0 radical (unpaired) electrons. The molecule has 0 N–H and O–H groups in total. The van der Waals surface area contributed by atoms with Crippen molar-refractivity contribution in [2.75, 3.05) is 13.2 Å². The van der Waals surface area contributed by atoms with Gasteiger partial charge in [0.15, 0.2) is 6.61 Å². The Morgan fingerprint density at radius 2 is 1.15 bits per heavy atom. The van der Waals surface area contributed by atoms with Crippen LogP contribution < -0.4 is 0 Å². The highest BCUT2D eigenvalue weighted by atomic mass is 16.5. The zero-order chi connectivity index (χ0) is 24.4. The van der Waals surface area contributed by atoms with Crippen molar-refractivity contribution < 1.29 is 19.1 Å². The Kier molecular flexibility index (Phi) is 24.0. The Bertz CT molecular complexity index is 515. The first-order chi connectivity index (χ1) is 16.1. The maximum absolute atomic E-state index is 11.7. The molecule has 0 fully saturated rings. The summed E-state index contributed by atoms with van der Waals surface area (Å²) in [6.07, 6.45) is 20.4. The van der Waals surface area contributed by atoms with Crippen LogP contribution >= 0.6 is 0 Å². The van der Waals surface area contributed by atoms with E-state index in [2.05, 4.69) is 32.6 Å². The lowest BCUT2D eigenvalue weighted by Crippen LogP contribution is -2.06. The van der Waals surface area contributed by atoms with Crippen molar-refractivity contribution in [2.24, 2.45) is 5.92 Å². The number of esters is 2. The summed E-state index contributed by atoms with van der Waals surface area (Å²) in [5.74, 6) is 6.52. The Morgan fingerprint density at radius 3 is 1.73 bits per heavy atom. The fraction of sp³-hybridized carbons (Fsp3) is 0.862. The van der Waals surface area contributed by atoms with Crippen LogP contribution in [0.1, 0.15) is 143 Å². The van der Waals surface area contributed by atoms with Gasteiger partial charge in [-0.15, -0.1) is 0 Å². The van der Waals surface area contributed by atoms with Crippen LogP contribution in [0, 0.1) is 17.8 Å². The van der Waals surface area contributed by atoms with E-state index in [0.717, 1.165) is 64.2 Å². The lowest BCUT2D eigenvalue weighted by Gasteiger charge is -2.06. The molecule has 0 saturated carbocycles. The number of rotatable bonds is 22. The van der Waals surface area contributed by atoms with Gasteiger partial charge in [0.05, 0.1) is 6.61 Å². The van der Waals surface area contributed by atoms with Crippen LogP contribution in [-0.2, 0) is 19.1 Å². The molecule has 0 aromatic rings. The summed E-state index contributed by atoms with van der Waals surface area (Å²) in [4.78, 5) is 23.4. The lowest BCUT2D eigenvalue weighted by molar-refractivity contribution is -0.144. The van der Waals surface area contributed by atoms with Crippen LogP contribution in [0.3, 0.4) is 0 Å². The quantitative estimate of drug-likeness (QED) is 0.0921. The van der Waals surface area contributed by atoms with E-state index in [0.29, 0.717) is 25.4 Å². The predicted molar refractivity (Wildman–Crippen MR) is 138 cm³/mol. The van der Waals surface area contributed by atoms with Crippen LogP contribution in [0.4, 0.5) is 0 Å². The molecular formula is C29H52O4. The second kappa shape index (κ2) is 25.1. The van der Waals surface area contributed by atoms with Crippen LogP contribution in [-0.4, -0.2) is 25.2 Å². The molecule has 0 aliphatic heterocycles. The van der Waals surface area contributed by atoms with Crippen molar-refractivity contribution in [3.05, 3.63) is 0 Å². The van der Waals surface area contributed by atoms with Gasteiger partial charge in [-0.1, -0.05) is 103 Å². The minimum absolute atomic E-state index is 0.0672. The third kappa shape index (κ3) is 26.6. The smallest absolute Gasteiger partial charge is 0.306 e. The monoisotopic (exact) mass is 464 g/mol. The SMILES string of the molecule is CCCCCCCCCCC#CCOC(=O)CCCCCCCCC(=O)OCCCC(C)C. The molecule has 0 spiro atoms. The minimum atomic E-state index is -0.142. The van der Waals surface area contributed by atoms with Crippen LogP contribution in [0.25, 0.3) is 0 Å². The molecule has 0 aliphatic rings. The van der Waals surface area contributed by atoms with Crippen molar-refractivity contribution in [3.63, 3.8) is 0 Å². The Balaban J connectivity index is 3.35. The van der Waals surface area contributed by atoms with E-state index in [4.69, 9.17) is 9.47 Å². The molecule has 0 saturated heterocycles. The van der Waals surface area contributed by atoms with E-state index >= 15 is 0 Å². The van der Waals surface area contributed by atoms with Gasteiger partial charge in [0.1, 0.15) is 0 Å². The highest BCUT2D eigenvalue weighted by Crippen LogP contribution is 2.11. The molecule has 4 heteroatoms. The van der Waals surface area contributed by atoms with E-state index in [1.54, 1.807) is 0 Å². The zero-order valence-electron chi connectivity index (χ0n) is 22.1. The first kappa shape index (κ1) is 31.5. The van der Waals surface area contributed by atoms with Gasteiger partial charge in [0, 0.05) is 19.3 Å². The number of carbonyl (C=O) groups is 2. The number of hydrogen-bond donors (Lipinski definition) is 0. The summed E-state index contributed by atoms with van der Waals surface area (Å²) in [6.45, 7) is 7.39. The van der Waals surface area contributed by atoms with Gasteiger partial charge in [0.2, 0.25) is 0 Å². The molecule has 0 amide bonds. The van der Waals surface area contributed by atoms with Crippen LogP contribution in [0.2, 0.25) is 0 Å². The van der Waals surface area contributed by atoms with Gasteiger partial charge in [-0.25, -0.2) is 0 Å². The van der Waals surface area contributed by atoms with Crippen molar-refractivity contribution in [1.29, 1.82) is 0 Å². The number of carbonyl (C=O) groups excluding carboxylic acids is 2. The van der Waals surface area contributed by atoms with Gasteiger partial charge < -0.3 is 9.47 Å². The topological polar surface area (TPSA) is 52.6 Å². The highest BCUT2D eigenvalue weighted by molar-refractivity contribution is 5.69. The standard InChI is InChI=1S/C29H52O4/c1-4-5-6-7-8-9-10-11-14-17-20-25-32-28(30)23-18-15-12-13-16-19-24-29(31)33-26-21-22-27(2)3/h27H,4-16,18-19,21-26H2,1-3H3. The molecule has 4 nitrogen and oxygen atoms in total. The number of hydrogen-bond acceptors (Lipinski definition) is 4. The minimum Gasteiger partial charge on any atom is -0.466 e. The fourth-order valence-corrected chi connectivity index (χ4v) is 3.67. The predicted octanol–water partition coefficient (Wildman–Crippen LogP) is 8.16. The van der Waals surface area contributed by atoms with Crippen molar-refractivity contribution in [2.45, 2.75) is 143 Å². The molecule has 0 bridgehead atoms. The molecule has 0 heterocycles. The molecule has 33 heavy (non-hydrogen) atoms. The molecule has 0 rings (SSSR count).